The van der Waals surface area contributed by atoms with E-state index in [2.05, 4.69) is 5.32 Å². The van der Waals surface area contributed by atoms with Crippen molar-refractivity contribution in [1.82, 2.24) is 5.32 Å². The number of carboxylic acid groups (broad SMARTS) is 1. The van der Waals surface area contributed by atoms with Gasteiger partial charge in [-0.25, -0.2) is 4.79 Å². The van der Waals surface area contributed by atoms with Crippen molar-refractivity contribution in [2.45, 2.75) is 13.3 Å². The Kier molecular flexibility index (Phi) is 4.77. The molecule has 0 unspecified atom stereocenters. The number of hydrogen-bond donors (Lipinski definition) is 2. The molecule has 5 heteroatoms. The number of fused-ring (bicyclic) bond motifs is 1. The molecule has 110 valence electrons. The van der Waals surface area contributed by atoms with Gasteiger partial charge >= 0.3 is 5.97 Å². The molecule has 2 N–H and O–H groups in total. The van der Waals surface area contributed by atoms with Crippen molar-refractivity contribution >= 4 is 22.6 Å². The van der Waals surface area contributed by atoms with E-state index in [1.165, 1.54) is 6.07 Å². The van der Waals surface area contributed by atoms with Crippen LogP contribution in [0.1, 0.15) is 23.7 Å². The zero-order valence-electron chi connectivity index (χ0n) is 11.8. The van der Waals surface area contributed by atoms with Crippen LogP contribution < -0.4 is 10.1 Å². The molecule has 0 fully saturated rings. The molecule has 2 rings (SSSR count). The van der Waals surface area contributed by atoms with Crippen molar-refractivity contribution in [1.29, 1.82) is 0 Å². The quantitative estimate of drug-likeness (QED) is 0.855. The Labute approximate surface area is 122 Å². The highest BCUT2D eigenvalue weighted by molar-refractivity contribution is 6.00. The fraction of sp³-hybridized carbons (Fsp3) is 0.250. The monoisotopic (exact) mass is 287 g/mol. The van der Waals surface area contributed by atoms with Gasteiger partial charge in [0.1, 0.15) is 11.3 Å². The van der Waals surface area contributed by atoms with Crippen LogP contribution in [0.5, 0.6) is 5.75 Å². The van der Waals surface area contributed by atoms with Gasteiger partial charge in [-0.2, -0.15) is 0 Å². The molecule has 1 amide bonds. The van der Waals surface area contributed by atoms with Gasteiger partial charge in [0.25, 0.3) is 0 Å². The normalized spacial score (nSPS) is 10.3. The Morgan fingerprint density at radius 3 is 2.67 bits per heavy atom. The van der Waals surface area contributed by atoms with Crippen LogP contribution in [0.4, 0.5) is 0 Å². The largest absolute Gasteiger partial charge is 0.491 e. The molecular weight excluding hydrogens is 270 g/mol. The number of ether oxygens (including phenoxy) is 1. The van der Waals surface area contributed by atoms with Crippen LogP contribution in [-0.2, 0) is 4.79 Å². The van der Waals surface area contributed by atoms with Crippen LogP contribution in [0.25, 0.3) is 10.8 Å². The summed E-state index contributed by atoms with van der Waals surface area (Å²) in [5.74, 6) is -0.853. The molecule has 2 aromatic rings. The number of carboxylic acids is 1. The lowest BCUT2D eigenvalue weighted by molar-refractivity contribution is -0.121. The number of carbonyl (C=O) groups is 2. The fourth-order valence-electron chi connectivity index (χ4n) is 2.10. The molecule has 0 heterocycles. The predicted octanol–water partition coefficient (Wildman–Crippen LogP) is 2.44. The summed E-state index contributed by atoms with van der Waals surface area (Å²) in [6.45, 7) is 2.54. The maximum absolute atomic E-state index is 11.4. The molecule has 0 aliphatic heterocycles. The van der Waals surface area contributed by atoms with Crippen molar-refractivity contribution in [3.63, 3.8) is 0 Å². The maximum Gasteiger partial charge on any atom is 0.339 e. The van der Waals surface area contributed by atoms with Crippen LogP contribution in [0.2, 0.25) is 0 Å². The molecule has 0 aromatic heterocycles. The van der Waals surface area contributed by atoms with Crippen LogP contribution >= 0.6 is 0 Å². The number of rotatable bonds is 6. The van der Waals surface area contributed by atoms with E-state index in [0.717, 1.165) is 10.8 Å². The lowest BCUT2D eigenvalue weighted by Crippen LogP contribution is -2.24. The van der Waals surface area contributed by atoms with Crippen molar-refractivity contribution in [2.24, 2.45) is 0 Å². The molecule has 2 aromatic carbocycles. The number of aromatic carboxylic acids is 1. The third-order valence-electron chi connectivity index (χ3n) is 3.06. The van der Waals surface area contributed by atoms with E-state index in [1.807, 2.05) is 31.2 Å². The van der Waals surface area contributed by atoms with Crippen LogP contribution in [0.15, 0.2) is 36.4 Å². The van der Waals surface area contributed by atoms with Gasteiger partial charge in [0, 0.05) is 11.9 Å². The Bertz CT molecular complexity index is 666. The minimum absolute atomic E-state index is 0.101. The van der Waals surface area contributed by atoms with Crippen molar-refractivity contribution < 1.29 is 19.4 Å². The first-order valence-electron chi connectivity index (χ1n) is 6.78. The second-order valence-electron chi connectivity index (χ2n) is 4.52. The topological polar surface area (TPSA) is 75.6 Å². The zero-order chi connectivity index (χ0) is 15.2. The molecule has 0 atom stereocenters. The molecule has 0 bridgehead atoms. The minimum atomic E-state index is -1.05. The standard InChI is InChI=1S/C16H17NO4/c1-2-17-14(18)9-10-21-15-12-6-4-3-5-11(12)7-8-13(15)16(19)20/h3-8H,2,9-10H2,1H3,(H,17,18)(H,19,20). The number of amides is 1. The van der Waals surface area contributed by atoms with E-state index in [1.54, 1.807) is 6.07 Å². The first kappa shape index (κ1) is 14.8. The summed E-state index contributed by atoms with van der Waals surface area (Å²) in [6, 6.07) is 10.7. The summed E-state index contributed by atoms with van der Waals surface area (Å²) in [7, 11) is 0. The molecule has 0 radical (unpaired) electrons. The summed E-state index contributed by atoms with van der Waals surface area (Å²) >= 11 is 0. The van der Waals surface area contributed by atoms with Crippen molar-refractivity contribution in [3.8, 4) is 5.75 Å². The Morgan fingerprint density at radius 1 is 1.19 bits per heavy atom. The highest BCUT2D eigenvalue weighted by atomic mass is 16.5. The van der Waals surface area contributed by atoms with Gasteiger partial charge < -0.3 is 15.2 Å². The van der Waals surface area contributed by atoms with Gasteiger partial charge in [0.2, 0.25) is 5.91 Å². The summed E-state index contributed by atoms with van der Waals surface area (Å²) < 4.78 is 5.59. The number of hydrogen-bond acceptors (Lipinski definition) is 3. The fourth-order valence-corrected chi connectivity index (χ4v) is 2.10. The molecule has 0 aliphatic carbocycles. The second kappa shape index (κ2) is 6.74. The first-order valence-corrected chi connectivity index (χ1v) is 6.78. The predicted molar refractivity (Wildman–Crippen MR) is 79.7 cm³/mol. The highest BCUT2D eigenvalue weighted by Gasteiger charge is 2.15. The smallest absolute Gasteiger partial charge is 0.339 e. The summed E-state index contributed by atoms with van der Waals surface area (Å²) in [4.78, 5) is 22.7. The number of nitrogens with one attached hydrogen (secondary N) is 1. The summed E-state index contributed by atoms with van der Waals surface area (Å²) in [6.07, 6.45) is 0.191. The van der Waals surface area contributed by atoms with Gasteiger partial charge in [-0.1, -0.05) is 30.3 Å². The Hall–Kier alpha value is -2.56. The molecule has 0 saturated heterocycles. The van der Waals surface area contributed by atoms with Gasteiger partial charge in [-0.3, -0.25) is 4.79 Å². The average Bonchev–Trinajstić information content (AvgIpc) is 2.47. The maximum atomic E-state index is 11.4. The van der Waals surface area contributed by atoms with Gasteiger partial charge in [-0.05, 0) is 18.4 Å². The lowest BCUT2D eigenvalue weighted by atomic mass is 10.1. The SMILES string of the molecule is CCNC(=O)CCOc1c(C(=O)O)ccc2ccccc12. The first-order chi connectivity index (χ1) is 10.1. The minimum Gasteiger partial charge on any atom is -0.491 e. The number of benzene rings is 2. The molecular formula is C16H17NO4. The second-order valence-corrected chi connectivity index (χ2v) is 4.52. The van der Waals surface area contributed by atoms with Gasteiger partial charge in [0.05, 0.1) is 13.0 Å². The number of carbonyl (C=O) groups excluding carboxylic acids is 1. The van der Waals surface area contributed by atoms with Gasteiger partial charge in [-0.15, -0.1) is 0 Å². The zero-order valence-corrected chi connectivity index (χ0v) is 11.8. The van der Waals surface area contributed by atoms with Crippen LogP contribution in [0, 0.1) is 0 Å². The van der Waals surface area contributed by atoms with Crippen LogP contribution in [-0.4, -0.2) is 30.1 Å². The van der Waals surface area contributed by atoms with Gasteiger partial charge in [0.15, 0.2) is 0 Å². The highest BCUT2D eigenvalue weighted by Crippen LogP contribution is 2.30. The molecule has 0 spiro atoms. The van der Waals surface area contributed by atoms with E-state index in [9.17, 15) is 14.7 Å². The third kappa shape index (κ3) is 3.51. The molecule has 5 nitrogen and oxygen atoms in total. The van der Waals surface area contributed by atoms with E-state index >= 15 is 0 Å². The summed E-state index contributed by atoms with van der Waals surface area (Å²) in [5.41, 5.74) is 0.101. The van der Waals surface area contributed by atoms with Crippen molar-refractivity contribution in [2.75, 3.05) is 13.2 Å². The third-order valence-corrected chi connectivity index (χ3v) is 3.06. The molecule has 21 heavy (non-hydrogen) atoms. The van der Waals surface area contributed by atoms with E-state index in [0.29, 0.717) is 12.3 Å². The lowest BCUT2D eigenvalue weighted by Gasteiger charge is -2.12. The molecule has 0 aliphatic rings. The van der Waals surface area contributed by atoms with E-state index in [-0.39, 0.29) is 24.5 Å². The molecule has 0 saturated carbocycles. The average molecular weight is 287 g/mol. The van der Waals surface area contributed by atoms with Crippen molar-refractivity contribution in [3.05, 3.63) is 42.0 Å². The summed E-state index contributed by atoms with van der Waals surface area (Å²) in [5, 5.41) is 13.6. The van der Waals surface area contributed by atoms with E-state index in [4.69, 9.17) is 4.74 Å². The Morgan fingerprint density at radius 2 is 1.95 bits per heavy atom. The van der Waals surface area contributed by atoms with Crippen LogP contribution in [0.3, 0.4) is 0 Å². The Balaban J connectivity index is 2.25. The van der Waals surface area contributed by atoms with E-state index < -0.39 is 5.97 Å².